The van der Waals surface area contributed by atoms with Gasteiger partial charge in [0, 0.05) is 30.1 Å². The number of ether oxygens (including phenoxy) is 2. The summed E-state index contributed by atoms with van der Waals surface area (Å²) in [5, 5.41) is 14.3. The molecule has 0 aliphatic carbocycles. The fraction of sp³-hybridized carbons (Fsp3) is 0.333. The first kappa shape index (κ1) is 25.1. The lowest BCUT2D eigenvalue weighted by Crippen LogP contribution is -2.44. The second-order valence-electron chi connectivity index (χ2n) is 9.84. The summed E-state index contributed by atoms with van der Waals surface area (Å²) in [6.45, 7) is 4.74. The van der Waals surface area contributed by atoms with Gasteiger partial charge in [0.25, 0.3) is 11.8 Å². The van der Waals surface area contributed by atoms with Crippen molar-refractivity contribution in [2.75, 3.05) is 6.54 Å². The summed E-state index contributed by atoms with van der Waals surface area (Å²) in [5.74, 6) is -0.673. The van der Waals surface area contributed by atoms with E-state index in [1.807, 2.05) is 19.9 Å². The number of benzene rings is 2. The van der Waals surface area contributed by atoms with E-state index < -0.39 is 12.3 Å². The van der Waals surface area contributed by atoms with Crippen LogP contribution in [0.3, 0.4) is 0 Å². The van der Waals surface area contributed by atoms with Gasteiger partial charge in [-0.15, -0.1) is 8.78 Å². The molecule has 0 saturated carbocycles. The number of carbonyl (C=O) groups excluding carboxylic acids is 2. The first-order chi connectivity index (χ1) is 18.6. The van der Waals surface area contributed by atoms with Gasteiger partial charge in [-0.05, 0) is 49.7 Å². The zero-order valence-electron chi connectivity index (χ0n) is 21.0. The monoisotopic (exact) mass is 553 g/mol. The number of carbonyl (C=O) groups is 2. The van der Waals surface area contributed by atoms with Crippen LogP contribution >= 0.6 is 11.6 Å². The number of fused-ring (bicyclic) bond motifs is 4. The number of nitriles is 1. The fourth-order valence-corrected chi connectivity index (χ4v) is 5.55. The van der Waals surface area contributed by atoms with Crippen molar-refractivity contribution < 1.29 is 27.8 Å². The van der Waals surface area contributed by atoms with Crippen molar-refractivity contribution in [3.63, 3.8) is 0 Å². The predicted octanol–water partition coefficient (Wildman–Crippen LogP) is 4.53. The first-order valence-corrected chi connectivity index (χ1v) is 12.7. The summed E-state index contributed by atoms with van der Waals surface area (Å²) in [6, 6.07) is 10.4. The Morgan fingerprint density at radius 1 is 1.21 bits per heavy atom. The minimum atomic E-state index is -3.72. The Balaban J connectivity index is 1.28. The number of rotatable bonds is 3. The predicted molar refractivity (Wildman–Crippen MR) is 134 cm³/mol. The van der Waals surface area contributed by atoms with E-state index in [-0.39, 0.29) is 46.5 Å². The summed E-state index contributed by atoms with van der Waals surface area (Å²) < 4.78 is 37.7. The van der Waals surface area contributed by atoms with E-state index >= 15 is 0 Å². The van der Waals surface area contributed by atoms with Gasteiger partial charge in [-0.1, -0.05) is 17.7 Å². The third-order valence-electron chi connectivity index (χ3n) is 7.47. The molecule has 0 unspecified atom stereocenters. The Bertz CT molecular complexity index is 1580. The van der Waals surface area contributed by atoms with E-state index in [0.29, 0.717) is 41.9 Å². The molecule has 9 nitrogen and oxygen atoms in total. The van der Waals surface area contributed by atoms with Crippen LogP contribution in [0.5, 0.6) is 11.5 Å². The van der Waals surface area contributed by atoms with Gasteiger partial charge in [0.05, 0.1) is 35.4 Å². The molecule has 200 valence electrons. The van der Waals surface area contributed by atoms with Crippen LogP contribution in [0.1, 0.15) is 63.1 Å². The Labute approximate surface area is 227 Å². The van der Waals surface area contributed by atoms with Crippen LogP contribution in [0.15, 0.2) is 36.4 Å². The highest BCUT2D eigenvalue weighted by molar-refractivity contribution is 6.31. The minimum Gasteiger partial charge on any atom is -0.395 e. The van der Waals surface area contributed by atoms with E-state index in [1.54, 1.807) is 26.6 Å². The molecule has 0 fully saturated rings. The molecule has 0 bridgehead atoms. The topological polar surface area (TPSA) is 101 Å². The molecule has 0 radical (unpaired) electrons. The molecular weight excluding hydrogens is 532 g/mol. The number of aromatic nitrogens is 2. The third-order valence-corrected chi connectivity index (χ3v) is 7.80. The SMILES string of the molecule is C[C@@H]1Cc2nn3c(c2CN1C(=O)c1ccc(Cl)c(C#N)c1)C(=O)N([C@H](C)c1ccc2c(c1)OC(F)(F)O2)CC3. The Morgan fingerprint density at radius 3 is 2.74 bits per heavy atom. The van der Waals surface area contributed by atoms with Crippen molar-refractivity contribution in [2.45, 2.75) is 51.7 Å². The second kappa shape index (κ2) is 8.95. The minimum absolute atomic E-state index is 0.0606. The maximum Gasteiger partial charge on any atom is 0.586 e. The van der Waals surface area contributed by atoms with Crippen molar-refractivity contribution in [2.24, 2.45) is 0 Å². The van der Waals surface area contributed by atoms with Crippen LogP contribution in [-0.2, 0) is 19.5 Å². The van der Waals surface area contributed by atoms with Crippen LogP contribution in [-0.4, -0.2) is 50.3 Å². The summed E-state index contributed by atoms with van der Waals surface area (Å²) in [6.07, 6.45) is -3.25. The van der Waals surface area contributed by atoms with Gasteiger partial charge >= 0.3 is 6.29 Å². The van der Waals surface area contributed by atoms with Gasteiger partial charge in [0.2, 0.25) is 0 Å². The highest BCUT2D eigenvalue weighted by Gasteiger charge is 2.44. The molecular formula is C27H22ClF2N5O4. The molecule has 4 heterocycles. The molecule has 2 amide bonds. The highest BCUT2D eigenvalue weighted by Crippen LogP contribution is 2.43. The van der Waals surface area contributed by atoms with Crippen LogP contribution in [0, 0.1) is 11.3 Å². The van der Waals surface area contributed by atoms with Crippen molar-refractivity contribution in [1.82, 2.24) is 19.6 Å². The van der Waals surface area contributed by atoms with Gasteiger partial charge in [-0.2, -0.15) is 10.4 Å². The van der Waals surface area contributed by atoms with Gasteiger partial charge in [-0.3, -0.25) is 14.3 Å². The maximum atomic E-state index is 13.8. The van der Waals surface area contributed by atoms with E-state index in [1.165, 1.54) is 24.3 Å². The Morgan fingerprint density at radius 2 is 1.97 bits per heavy atom. The van der Waals surface area contributed by atoms with Crippen molar-refractivity contribution in [1.29, 1.82) is 5.26 Å². The molecule has 1 aromatic heterocycles. The number of alkyl halides is 2. The average molecular weight is 554 g/mol. The summed E-state index contributed by atoms with van der Waals surface area (Å²) >= 11 is 6.04. The smallest absolute Gasteiger partial charge is 0.395 e. The molecule has 12 heteroatoms. The number of halogens is 3. The molecule has 2 aromatic carbocycles. The molecule has 2 atom stereocenters. The fourth-order valence-electron chi connectivity index (χ4n) is 5.39. The van der Waals surface area contributed by atoms with Gasteiger partial charge in [0.15, 0.2) is 11.5 Å². The van der Waals surface area contributed by atoms with Crippen LogP contribution in [0.25, 0.3) is 0 Å². The van der Waals surface area contributed by atoms with E-state index in [9.17, 15) is 23.6 Å². The van der Waals surface area contributed by atoms with Crippen LogP contribution < -0.4 is 9.47 Å². The quantitative estimate of drug-likeness (QED) is 0.472. The zero-order valence-corrected chi connectivity index (χ0v) is 21.7. The lowest BCUT2D eigenvalue weighted by molar-refractivity contribution is -0.286. The van der Waals surface area contributed by atoms with Crippen molar-refractivity contribution in [3.05, 3.63) is 75.1 Å². The number of nitrogens with zero attached hydrogens (tertiary/aromatic N) is 5. The standard InChI is InChI=1S/C27H22ClF2N5O4/c1-14-9-21-19(13-34(14)25(36)17-3-5-20(28)18(10-17)12-31)24-26(37)33(7-8-35(24)32-21)15(2)16-4-6-22-23(11-16)39-27(29,30)38-22/h3-6,10-11,14-15H,7-9,13H2,1-2H3/t14-,15-/m1/s1. The van der Waals surface area contributed by atoms with E-state index in [2.05, 4.69) is 14.6 Å². The molecule has 6 rings (SSSR count). The normalized spacial score (nSPS) is 19.8. The Kier molecular flexibility index (Phi) is 5.77. The van der Waals surface area contributed by atoms with Crippen LogP contribution in [0.2, 0.25) is 5.02 Å². The van der Waals surface area contributed by atoms with Crippen LogP contribution in [0.4, 0.5) is 8.78 Å². The summed E-state index contributed by atoms with van der Waals surface area (Å²) in [5.41, 5.74) is 3.03. The third kappa shape index (κ3) is 4.15. The van der Waals surface area contributed by atoms with Gasteiger partial charge in [0.1, 0.15) is 11.8 Å². The molecule has 0 saturated heterocycles. The summed E-state index contributed by atoms with van der Waals surface area (Å²) in [4.78, 5) is 30.6. The molecule has 0 spiro atoms. The number of amides is 2. The van der Waals surface area contributed by atoms with E-state index in [0.717, 1.165) is 5.69 Å². The van der Waals surface area contributed by atoms with E-state index in [4.69, 9.17) is 11.6 Å². The largest absolute Gasteiger partial charge is 0.586 e. The number of hydrogen-bond donors (Lipinski definition) is 0. The lowest BCUT2D eigenvalue weighted by atomic mass is 9.97. The van der Waals surface area contributed by atoms with Gasteiger partial charge in [-0.25, -0.2) is 0 Å². The zero-order chi connectivity index (χ0) is 27.6. The maximum absolute atomic E-state index is 13.8. The highest BCUT2D eigenvalue weighted by atomic mass is 35.5. The lowest BCUT2D eigenvalue weighted by Gasteiger charge is -2.35. The molecule has 0 N–H and O–H groups in total. The average Bonchev–Trinajstić information content (AvgIpc) is 3.42. The summed E-state index contributed by atoms with van der Waals surface area (Å²) in [7, 11) is 0. The molecule has 3 aliphatic rings. The molecule has 3 aliphatic heterocycles. The van der Waals surface area contributed by atoms with Crippen molar-refractivity contribution >= 4 is 23.4 Å². The van der Waals surface area contributed by atoms with Gasteiger partial charge < -0.3 is 19.3 Å². The van der Waals surface area contributed by atoms with Crippen molar-refractivity contribution in [3.8, 4) is 17.6 Å². The number of hydrogen-bond acceptors (Lipinski definition) is 6. The Hall–Kier alpha value is -4.17. The molecule has 3 aromatic rings. The molecule has 39 heavy (non-hydrogen) atoms. The first-order valence-electron chi connectivity index (χ1n) is 12.4. The second-order valence-corrected chi connectivity index (χ2v) is 10.2.